The SMILES string of the molecule is CC(C)(C)c1ccc(CNC(=O)CCc2ccccc2C(=O)O)cc1. The molecule has 0 aliphatic carbocycles. The van der Waals surface area contributed by atoms with E-state index in [0.717, 1.165) is 5.56 Å². The van der Waals surface area contributed by atoms with Crippen LogP contribution in [0.1, 0.15) is 54.2 Å². The van der Waals surface area contributed by atoms with Crippen molar-refractivity contribution in [2.45, 2.75) is 45.6 Å². The standard InChI is InChI=1S/C21H25NO3/c1-21(2,3)17-11-8-15(9-12-17)14-22-19(23)13-10-16-6-4-5-7-18(16)20(24)25/h4-9,11-12H,10,13-14H2,1-3H3,(H,22,23)(H,24,25). The number of benzene rings is 2. The maximum absolute atomic E-state index is 12.0. The molecule has 0 fully saturated rings. The molecule has 0 atom stereocenters. The lowest BCUT2D eigenvalue weighted by Gasteiger charge is -2.19. The Labute approximate surface area is 148 Å². The first-order valence-electron chi connectivity index (χ1n) is 8.44. The average Bonchev–Trinajstić information content (AvgIpc) is 2.58. The van der Waals surface area contributed by atoms with Gasteiger partial charge in [0.05, 0.1) is 5.56 Å². The quantitative estimate of drug-likeness (QED) is 0.838. The molecule has 2 N–H and O–H groups in total. The number of carbonyl (C=O) groups is 2. The third-order valence-electron chi connectivity index (χ3n) is 4.18. The fourth-order valence-corrected chi connectivity index (χ4v) is 2.61. The molecular weight excluding hydrogens is 314 g/mol. The van der Waals surface area contributed by atoms with Crippen LogP contribution < -0.4 is 5.32 Å². The second-order valence-corrected chi connectivity index (χ2v) is 7.19. The zero-order chi connectivity index (χ0) is 18.4. The van der Waals surface area contributed by atoms with Gasteiger partial charge in [0, 0.05) is 13.0 Å². The van der Waals surface area contributed by atoms with Crippen molar-refractivity contribution in [3.05, 3.63) is 70.8 Å². The number of nitrogens with one attached hydrogen (secondary N) is 1. The van der Waals surface area contributed by atoms with Gasteiger partial charge in [-0.05, 0) is 34.6 Å². The largest absolute Gasteiger partial charge is 0.478 e. The van der Waals surface area contributed by atoms with Gasteiger partial charge < -0.3 is 10.4 Å². The van der Waals surface area contributed by atoms with Crippen molar-refractivity contribution in [3.63, 3.8) is 0 Å². The van der Waals surface area contributed by atoms with Gasteiger partial charge in [0.25, 0.3) is 0 Å². The number of hydrogen-bond acceptors (Lipinski definition) is 2. The number of amides is 1. The van der Waals surface area contributed by atoms with Crippen molar-refractivity contribution in [2.24, 2.45) is 0 Å². The lowest BCUT2D eigenvalue weighted by atomic mass is 9.87. The highest BCUT2D eigenvalue weighted by molar-refractivity contribution is 5.89. The number of rotatable bonds is 6. The number of aromatic carboxylic acids is 1. The predicted octanol–water partition coefficient (Wildman–Crippen LogP) is 3.93. The third-order valence-corrected chi connectivity index (χ3v) is 4.18. The zero-order valence-electron chi connectivity index (χ0n) is 15.0. The summed E-state index contributed by atoms with van der Waals surface area (Å²) in [6.07, 6.45) is 0.682. The minimum Gasteiger partial charge on any atom is -0.478 e. The van der Waals surface area contributed by atoms with Crippen molar-refractivity contribution in [1.82, 2.24) is 5.32 Å². The molecule has 0 aromatic heterocycles. The fourth-order valence-electron chi connectivity index (χ4n) is 2.61. The van der Waals surface area contributed by atoms with Gasteiger partial charge in [-0.15, -0.1) is 0 Å². The van der Waals surface area contributed by atoms with Gasteiger partial charge in [0.15, 0.2) is 0 Å². The minimum atomic E-state index is -0.963. The van der Waals surface area contributed by atoms with Gasteiger partial charge in [-0.1, -0.05) is 63.2 Å². The highest BCUT2D eigenvalue weighted by atomic mass is 16.4. The lowest BCUT2D eigenvalue weighted by molar-refractivity contribution is -0.121. The fraction of sp³-hybridized carbons (Fsp3) is 0.333. The van der Waals surface area contributed by atoms with Gasteiger partial charge in [-0.25, -0.2) is 4.79 Å². The topological polar surface area (TPSA) is 66.4 Å². The number of aryl methyl sites for hydroxylation is 1. The molecule has 2 aromatic carbocycles. The monoisotopic (exact) mass is 339 g/mol. The first-order valence-corrected chi connectivity index (χ1v) is 8.44. The Morgan fingerprint density at radius 2 is 1.64 bits per heavy atom. The molecule has 0 aliphatic rings. The molecule has 0 bridgehead atoms. The second-order valence-electron chi connectivity index (χ2n) is 7.19. The summed E-state index contributed by atoms with van der Waals surface area (Å²) >= 11 is 0. The van der Waals surface area contributed by atoms with E-state index in [2.05, 4.69) is 38.2 Å². The summed E-state index contributed by atoms with van der Waals surface area (Å²) in [5.74, 6) is -1.05. The van der Waals surface area contributed by atoms with Gasteiger partial charge in [-0.2, -0.15) is 0 Å². The molecule has 4 nitrogen and oxygen atoms in total. The van der Waals surface area contributed by atoms with E-state index >= 15 is 0 Å². The third kappa shape index (κ3) is 5.45. The van der Waals surface area contributed by atoms with Crippen LogP contribution in [0.5, 0.6) is 0 Å². The molecular formula is C21H25NO3. The maximum atomic E-state index is 12.0. The van der Waals surface area contributed by atoms with Crippen LogP contribution in [0.25, 0.3) is 0 Å². The second kappa shape index (κ2) is 7.97. The Morgan fingerprint density at radius 3 is 2.24 bits per heavy atom. The van der Waals surface area contributed by atoms with Crippen molar-refractivity contribution in [1.29, 1.82) is 0 Å². The van der Waals surface area contributed by atoms with Crippen LogP contribution in [0.4, 0.5) is 0 Å². The summed E-state index contributed by atoms with van der Waals surface area (Å²) in [4.78, 5) is 23.2. The van der Waals surface area contributed by atoms with Crippen LogP contribution >= 0.6 is 0 Å². The van der Waals surface area contributed by atoms with Gasteiger partial charge in [0.1, 0.15) is 0 Å². The molecule has 0 saturated heterocycles. The van der Waals surface area contributed by atoms with Crippen LogP contribution in [-0.2, 0) is 23.2 Å². The Kier molecular flexibility index (Phi) is 5.97. The van der Waals surface area contributed by atoms with Gasteiger partial charge >= 0.3 is 5.97 Å². The molecule has 0 unspecified atom stereocenters. The summed E-state index contributed by atoms with van der Waals surface area (Å²) < 4.78 is 0. The van der Waals surface area contributed by atoms with E-state index in [1.54, 1.807) is 24.3 Å². The van der Waals surface area contributed by atoms with Crippen molar-refractivity contribution in [2.75, 3.05) is 0 Å². The molecule has 0 heterocycles. The molecule has 2 aromatic rings. The first-order chi connectivity index (χ1) is 11.8. The molecule has 2 rings (SSSR count). The van der Waals surface area contributed by atoms with Crippen molar-refractivity contribution < 1.29 is 14.7 Å². The maximum Gasteiger partial charge on any atom is 0.335 e. The summed E-state index contributed by atoms with van der Waals surface area (Å²) in [5.41, 5.74) is 3.35. The Morgan fingerprint density at radius 1 is 1.00 bits per heavy atom. The summed E-state index contributed by atoms with van der Waals surface area (Å²) in [5, 5.41) is 12.1. The van der Waals surface area contributed by atoms with Gasteiger partial charge in [-0.3, -0.25) is 4.79 Å². The number of hydrogen-bond donors (Lipinski definition) is 2. The predicted molar refractivity (Wildman–Crippen MR) is 98.7 cm³/mol. The Hall–Kier alpha value is -2.62. The van der Waals surface area contributed by atoms with E-state index in [-0.39, 0.29) is 23.3 Å². The van der Waals surface area contributed by atoms with E-state index in [4.69, 9.17) is 5.11 Å². The van der Waals surface area contributed by atoms with E-state index in [9.17, 15) is 9.59 Å². The molecule has 1 amide bonds. The highest BCUT2D eigenvalue weighted by Gasteiger charge is 2.13. The Bertz CT molecular complexity index is 742. The van der Waals surface area contributed by atoms with E-state index in [1.807, 2.05) is 12.1 Å². The lowest BCUT2D eigenvalue weighted by Crippen LogP contribution is -2.23. The van der Waals surface area contributed by atoms with Crippen LogP contribution in [0.15, 0.2) is 48.5 Å². The minimum absolute atomic E-state index is 0.0833. The van der Waals surface area contributed by atoms with E-state index < -0.39 is 5.97 Å². The zero-order valence-corrected chi connectivity index (χ0v) is 15.0. The van der Waals surface area contributed by atoms with E-state index in [1.165, 1.54) is 5.56 Å². The highest BCUT2D eigenvalue weighted by Crippen LogP contribution is 2.22. The number of carbonyl (C=O) groups excluding carboxylic acids is 1. The van der Waals surface area contributed by atoms with E-state index in [0.29, 0.717) is 18.5 Å². The van der Waals surface area contributed by atoms with Crippen LogP contribution in [0.3, 0.4) is 0 Å². The molecule has 25 heavy (non-hydrogen) atoms. The molecule has 0 aliphatic heterocycles. The van der Waals surface area contributed by atoms with Crippen LogP contribution in [-0.4, -0.2) is 17.0 Å². The first kappa shape index (κ1) is 18.7. The van der Waals surface area contributed by atoms with Crippen molar-refractivity contribution in [3.8, 4) is 0 Å². The van der Waals surface area contributed by atoms with Gasteiger partial charge in [0.2, 0.25) is 5.91 Å². The number of carboxylic acid groups (broad SMARTS) is 1. The normalized spacial score (nSPS) is 11.2. The summed E-state index contributed by atoms with van der Waals surface area (Å²) in [6.45, 7) is 6.97. The smallest absolute Gasteiger partial charge is 0.335 e. The molecule has 0 spiro atoms. The summed E-state index contributed by atoms with van der Waals surface area (Å²) in [6, 6.07) is 15.0. The molecule has 132 valence electrons. The van der Waals surface area contributed by atoms with Crippen LogP contribution in [0.2, 0.25) is 0 Å². The average molecular weight is 339 g/mol. The number of carboxylic acids is 1. The Balaban J connectivity index is 1.86. The molecule has 0 radical (unpaired) electrons. The molecule has 4 heteroatoms. The summed E-state index contributed by atoms with van der Waals surface area (Å²) in [7, 11) is 0. The van der Waals surface area contributed by atoms with Crippen LogP contribution in [0, 0.1) is 0 Å². The molecule has 0 saturated carbocycles. The van der Waals surface area contributed by atoms with Crippen molar-refractivity contribution >= 4 is 11.9 Å².